The summed E-state index contributed by atoms with van der Waals surface area (Å²) in [5.74, 6) is -1.64. The van der Waals surface area contributed by atoms with Crippen molar-refractivity contribution in [3.63, 3.8) is 0 Å². The first-order valence-electron chi connectivity index (χ1n) is 7.45. The summed E-state index contributed by atoms with van der Waals surface area (Å²) in [6.45, 7) is 0. The highest BCUT2D eigenvalue weighted by atomic mass is 19.1. The zero-order valence-electron chi connectivity index (χ0n) is 13.0. The van der Waals surface area contributed by atoms with Gasteiger partial charge in [-0.05, 0) is 66.7 Å². The number of carbonyl (C=O) groups is 2. The molecule has 25 heavy (non-hydrogen) atoms. The average molecular weight is 337 g/mol. The van der Waals surface area contributed by atoms with Crippen LogP contribution in [0.5, 0.6) is 0 Å². The van der Waals surface area contributed by atoms with E-state index in [0.29, 0.717) is 0 Å². The number of nitrogen functional groups attached to an aromatic ring is 1. The third-order valence-corrected chi connectivity index (χ3v) is 3.69. The van der Waals surface area contributed by atoms with Gasteiger partial charge >= 0.3 is 0 Å². The molecule has 0 heterocycles. The van der Waals surface area contributed by atoms with E-state index in [-0.39, 0.29) is 39.5 Å². The van der Waals surface area contributed by atoms with E-state index in [1.165, 1.54) is 66.7 Å². The topological polar surface area (TPSA) is 60.2 Å². The Labute approximate surface area is 142 Å². The Balaban J connectivity index is 1.97. The van der Waals surface area contributed by atoms with E-state index >= 15 is 0 Å². The third kappa shape index (κ3) is 3.61. The van der Waals surface area contributed by atoms with Crippen molar-refractivity contribution in [2.24, 2.45) is 0 Å². The van der Waals surface area contributed by atoms with Crippen molar-refractivity contribution in [3.05, 3.63) is 101 Å². The second-order valence-electron chi connectivity index (χ2n) is 5.52. The molecule has 0 radical (unpaired) electrons. The zero-order valence-corrected chi connectivity index (χ0v) is 13.0. The number of hydrogen-bond donors (Lipinski definition) is 1. The van der Waals surface area contributed by atoms with Gasteiger partial charge in [-0.1, -0.05) is 0 Å². The molecule has 0 amide bonds. The monoisotopic (exact) mass is 337 g/mol. The van der Waals surface area contributed by atoms with E-state index in [4.69, 9.17) is 5.73 Å². The second-order valence-corrected chi connectivity index (χ2v) is 5.52. The van der Waals surface area contributed by atoms with Gasteiger partial charge in [-0.15, -0.1) is 0 Å². The molecular weight excluding hydrogens is 324 g/mol. The molecule has 124 valence electrons. The lowest BCUT2D eigenvalue weighted by molar-refractivity contribution is 0.103. The number of halogens is 2. The summed E-state index contributed by atoms with van der Waals surface area (Å²) in [4.78, 5) is 25.1. The normalized spacial score (nSPS) is 10.5. The van der Waals surface area contributed by atoms with Crippen molar-refractivity contribution in [3.8, 4) is 0 Å². The minimum Gasteiger partial charge on any atom is -0.399 e. The van der Waals surface area contributed by atoms with E-state index in [1.54, 1.807) is 0 Å². The molecule has 3 nitrogen and oxygen atoms in total. The Hall–Kier alpha value is -3.34. The number of carbonyl (C=O) groups excluding carboxylic acids is 2. The SMILES string of the molecule is Nc1cc(C(=O)c2ccc(F)cc2)cc(C(=O)c2ccc(F)cc2)c1. The maximum Gasteiger partial charge on any atom is 0.193 e. The van der Waals surface area contributed by atoms with Gasteiger partial charge < -0.3 is 5.73 Å². The average Bonchev–Trinajstić information content (AvgIpc) is 2.61. The molecule has 3 aromatic carbocycles. The highest BCUT2D eigenvalue weighted by molar-refractivity contribution is 6.13. The minimum atomic E-state index is -0.448. The van der Waals surface area contributed by atoms with Crippen molar-refractivity contribution < 1.29 is 18.4 Å². The van der Waals surface area contributed by atoms with E-state index in [9.17, 15) is 18.4 Å². The van der Waals surface area contributed by atoms with E-state index < -0.39 is 11.6 Å². The van der Waals surface area contributed by atoms with E-state index in [2.05, 4.69) is 0 Å². The molecule has 0 aliphatic carbocycles. The van der Waals surface area contributed by atoms with Gasteiger partial charge in [0.1, 0.15) is 11.6 Å². The lowest BCUT2D eigenvalue weighted by Crippen LogP contribution is -2.07. The summed E-state index contributed by atoms with van der Waals surface area (Å²) in [6.07, 6.45) is 0. The standard InChI is InChI=1S/C20H13F2NO2/c21-16-5-1-12(2-6-16)19(24)14-9-15(11-18(23)10-14)20(25)13-3-7-17(22)8-4-13/h1-11H,23H2. The Morgan fingerprint density at radius 2 is 0.960 bits per heavy atom. The maximum absolute atomic E-state index is 13.0. The van der Waals surface area contributed by atoms with Crippen LogP contribution in [0.2, 0.25) is 0 Å². The number of anilines is 1. The van der Waals surface area contributed by atoms with Crippen molar-refractivity contribution in [2.75, 3.05) is 5.73 Å². The molecular formula is C20H13F2NO2. The van der Waals surface area contributed by atoms with Gasteiger partial charge in [-0.25, -0.2) is 8.78 Å². The van der Waals surface area contributed by atoms with Gasteiger partial charge in [0.05, 0.1) is 0 Å². The van der Waals surface area contributed by atoms with Crippen LogP contribution < -0.4 is 5.73 Å². The van der Waals surface area contributed by atoms with Gasteiger partial charge in [0, 0.05) is 27.9 Å². The number of ketones is 2. The molecule has 3 rings (SSSR count). The highest BCUT2D eigenvalue weighted by Crippen LogP contribution is 2.19. The lowest BCUT2D eigenvalue weighted by atomic mass is 9.96. The molecule has 3 aromatic rings. The third-order valence-electron chi connectivity index (χ3n) is 3.69. The molecule has 0 unspecified atom stereocenters. The second kappa shape index (κ2) is 6.65. The summed E-state index contributed by atoms with van der Waals surface area (Å²) >= 11 is 0. The quantitative estimate of drug-likeness (QED) is 0.578. The smallest absolute Gasteiger partial charge is 0.193 e. The van der Waals surface area contributed by atoms with Gasteiger partial charge in [-0.3, -0.25) is 9.59 Å². The number of hydrogen-bond acceptors (Lipinski definition) is 3. The van der Waals surface area contributed by atoms with Crippen molar-refractivity contribution in [1.82, 2.24) is 0 Å². The van der Waals surface area contributed by atoms with Crippen LogP contribution in [0, 0.1) is 11.6 Å². The van der Waals surface area contributed by atoms with Crippen LogP contribution in [-0.2, 0) is 0 Å². The zero-order chi connectivity index (χ0) is 18.0. The van der Waals surface area contributed by atoms with Gasteiger partial charge in [0.2, 0.25) is 0 Å². The summed E-state index contributed by atoms with van der Waals surface area (Å²) in [7, 11) is 0. The van der Waals surface area contributed by atoms with Crippen molar-refractivity contribution in [2.45, 2.75) is 0 Å². The van der Waals surface area contributed by atoms with Gasteiger partial charge in [0.15, 0.2) is 11.6 Å². The first kappa shape index (κ1) is 16.5. The summed E-state index contributed by atoms with van der Waals surface area (Å²) in [6, 6.07) is 14.5. The fourth-order valence-electron chi connectivity index (χ4n) is 2.45. The summed E-state index contributed by atoms with van der Waals surface area (Å²) in [5, 5.41) is 0. The number of rotatable bonds is 4. The fraction of sp³-hybridized carbons (Fsp3) is 0. The molecule has 0 atom stereocenters. The van der Waals surface area contributed by atoms with Gasteiger partial charge in [-0.2, -0.15) is 0 Å². The first-order chi connectivity index (χ1) is 11.9. The Bertz CT molecular complexity index is 873. The predicted octanol–water partition coefficient (Wildman–Crippen LogP) is 4.01. The molecule has 5 heteroatoms. The van der Waals surface area contributed by atoms with E-state index in [0.717, 1.165) is 0 Å². The Morgan fingerprint density at radius 3 is 1.32 bits per heavy atom. The molecule has 0 bridgehead atoms. The number of benzene rings is 3. The first-order valence-corrected chi connectivity index (χ1v) is 7.45. The molecule has 0 aliphatic rings. The number of nitrogens with two attached hydrogens (primary N) is 1. The molecule has 0 saturated carbocycles. The maximum atomic E-state index is 13.0. The fourth-order valence-corrected chi connectivity index (χ4v) is 2.45. The van der Waals surface area contributed by atoms with Crippen molar-refractivity contribution in [1.29, 1.82) is 0 Å². The van der Waals surface area contributed by atoms with Crippen molar-refractivity contribution >= 4 is 17.3 Å². The molecule has 0 aliphatic heterocycles. The molecule has 0 aromatic heterocycles. The van der Waals surface area contributed by atoms with Crippen LogP contribution in [0.4, 0.5) is 14.5 Å². The highest BCUT2D eigenvalue weighted by Gasteiger charge is 2.15. The van der Waals surface area contributed by atoms with Crippen LogP contribution in [0.25, 0.3) is 0 Å². The predicted molar refractivity (Wildman–Crippen MR) is 90.5 cm³/mol. The summed E-state index contributed by atoms with van der Waals surface area (Å²) in [5.41, 5.74) is 7.07. The Morgan fingerprint density at radius 1 is 0.600 bits per heavy atom. The largest absolute Gasteiger partial charge is 0.399 e. The molecule has 2 N–H and O–H groups in total. The van der Waals surface area contributed by atoms with Crippen LogP contribution in [0.1, 0.15) is 31.8 Å². The van der Waals surface area contributed by atoms with Crippen LogP contribution >= 0.6 is 0 Å². The molecule has 0 saturated heterocycles. The van der Waals surface area contributed by atoms with Crippen LogP contribution in [0.15, 0.2) is 66.7 Å². The van der Waals surface area contributed by atoms with Gasteiger partial charge in [0.25, 0.3) is 0 Å². The Kier molecular flexibility index (Phi) is 4.39. The van der Waals surface area contributed by atoms with Crippen LogP contribution in [0.3, 0.4) is 0 Å². The minimum absolute atomic E-state index is 0.220. The molecule has 0 spiro atoms. The van der Waals surface area contributed by atoms with Crippen LogP contribution in [-0.4, -0.2) is 11.6 Å². The summed E-state index contributed by atoms with van der Waals surface area (Å²) < 4.78 is 26.0. The van der Waals surface area contributed by atoms with E-state index in [1.807, 2.05) is 0 Å². The molecule has 0 fully saturated rings. The lowest BCUT2D eigenvalue weighted by Gasteiger charge is -2.07.